The van der Waals surface area contributed by atoms with Crippen molar-refractivity contribution in [2.45, 2.75) is 13.0 Å². The molecule has 0 aliphatic heterocycles. The third kappa shape index (κ3) is 3.90. The van der Waals surface area contributed by atoms with Crippen molar-refractivity contribution >= 4 is 21.9 Å². The van der Waals surface area contributed by atoms with Crippen molar-refractivity contribution in [3.05, 3.63) is 70.0 Å². The van der Waals surface area contributed by atoms with Crippen LogP contribution < -0.4 is 0 Å². The van der Waals surface area contributed by atoms with Crippen molar-refractivity contribution in [2.75, 3.05) is 0 Å². The maximum absolute atomic E-state index is 13.1. The molecule has 0 amide bonds. The molecule has 0 aliphatic rings. The van der Waals surface area contributed by atoms with Gasteiger partial charge in [-0.15, -0.1) is 10.2 Å². The predicted octanol–water partition coefficient (Wildman–Crippen LogP) is 4.70. The molecule has 3 aromatic rings. The van der Waals surface area contributed by atoms with Gasteiger partial charge in [-0.25, -0.2) is 13.6 Å². The summed E-state index contributed by atoms with van der Waals surface area (Å²) in [6, 6.07) is 9.18. The smallest absolute Gasteiger partial charge is 0.340 e. The van der Waals surface area contributed by atoms with Crippen LogP contribution in [0.5, 0.6) is 0 Å². The van der Waals surface area contributed by atoms with Gasteiger partial charge in [0.2, 0.25) is 5.89 Å². The lowest BCUT2D eigenvalue weighted by molar-refractivity contribution is 0.0278. The molecule has 0 bridgehead atoms. The molecule has 2 aromatic carbocycles. The molecule has 0 saturated heterocycles. The van der Waals surface area contributed by atoms with E-state index in [1.807, 2.05) is 0 Å². The van der Waals surface area contributed by atoms with Gasteiger partial charge in [0.05, 0.1) is 5.56 Å². The van der Waals surface area contributed by atoms with Crippen LogP contribution in [0.3, 0.4) is 0 Å². The Morgan fingerprint density at radius 2 is 1.80 bits per heavy atom. The summed E-state index contributed by atoms with van der Waals surface area (Å²) in [7, 11) is 0. The summed E-state index contributed by atoms with van der Waals surface area (Å²) in [5.41, 5.74) is 0.714. The van der Waals surface area contributed by atoms with Crippen molar-refractivity contribution < 1.29 is 22.7 Å². The van der Waals surface area contributed by atoms with Crippen molar-refractivity contribution in [3.63, 3.8) is 0 Å². The summed E-state index contributed by atoms with van der Waals surface area (Å²) in [5.74, 6) is -1.25. The molecule has 3 rings (SSSR count). The van der Waals surface area contributed by atoms with E-state index in [4.69, 9.17) is 9.15 Å². The summed E-state index contributed by atoms with van der Waals surface area (Å²) >= 11 is 3.11. The molecule has 0 N–H and O–H groups in total. The fourth-order valence-corrected chi connectivity index (χ4v) is 2.55. The minimum atomic E-state index is -0.814. The van der Waals surface area contributed by atoms with Crippen molar-refractivity contribution in [1.29, 1.82) is 0 Å². The molecule has 128 valence electrons. The van der Waals surface area contributed by atoms with Crippen LogP contribution in [0.25, 0.3) is 11.5 Å². The lowest BCUT2D eigenvalue weighted by Gasteiger charge is -2.10. The van der Waals surface area contributed by atoms with E-state index >= 15 is 0 Å². The number of hydrogen-bond acceptors (Lipinski definition) is 5. The third-order valence-corrected chi connectivity index (χ3v) is 3.97. The van der Waals surface area contributed by atoms with Gasteiger partial charge in [0, 0.05) is 10.0 Å². The van der Waals surface area contributed by atoms with E-state index in [1.165, 1.54) is 36.4 Å². The molecular weight excluding hydrogens is 398 g/mol. The molecule has 0 radical (unpaired) electrons. The van der Waals surface area contributed by atoms with Crippen LogP contribution in [0.2, 0.25) is 0 Å². The number of benzene rings is 2. The number of halogens is 3. The fourth-order valence-electron chi connectivity index (χ4n) is 2.04. The third-order valence-electron chi connectivity index (χ3n) is 3.31. The van der Waals surface area contributed by atoms with Gasteiger partial charge in [0.1, 0.15) is 11.6 Å². The molecule has 1 atom stereocenters. The van der Waals surface area contributed by atoms with Gasteiger partial charge in [-0.3, -0.25) is 0 Å². The maximum Gasteiger partial charge on any atom is 0.340 e. The van der Waals surface area contributed by atoms with E-state index < -0.39 is 17.9 Å². The minimum absolute atomic E-state index is 0.0888. The average molecular weight is 409 g/mol. The highest BCUT2D eigenvalue weighted by molar-refractivity contribution is 9.10. The van der Waals surface area contributed by atoms with Crippen molar-refractivity contribution in [2.24, 2.45) is 0 Å². The molecule has 0 unspecified atom stereocenters. The van der Waals surface area contributed by atoms with Crippen LogP contribution in [-0.2, 0) is 4.74 Å². The van der Waals surface area contributed by atoms with Crippen LogP contribution in [0.1, 0.15) is 29.3 Å². The summed E-state index contributed by atoms with van der Waals surface area (Å²) < 4.78 is 37.0. The van der Waals surface area contributed by atoms with Gasteiger partial charge in [-0.1, -0.05) is 0 Å². The molecular formula is C17H11BrF2N2O3. The van der Waals surface area contributed by atoms with Crippen molar-refractivity contribution in [3.8, 4) is 11.5 Å². The molecule has 0 spiro atoms. The zero-order chi connectivity index (χ0) is 18.0. The number of rotatable bonds is 4. The first-order valence-electron chi connectivity index (χ1n) is 7.19. The Kier molecular flexibility index (Phi) is 4.89. The Balaban J connectivity index is 1.74. The lowest BCUT2D eigenvalue weighted by Crippen LogP contribution is -2.10. The Bertz CT molecular complexity index is 913. The highest BCUT2D eigenvalue weighted by Crippen LogP contribution is 2.25. The average Bonchev–Trinajstić information content (AvgIpc) is 3.05. The molecule has 0 aliphatic carbocycles. The molecule has 1 aromatic heterocycles. The summed E-state index contributed by atoms with van der Waals surface area (Å²) in [5, 5.41) is 7.70. The summed E-state index contributed by atoms with van der Waals surface area (Å²) in [6.07, 6.45) is -0.814. The zero-order valence-electron chi connectivity index (χ0n) is 12.9. The first-order chi connectivity index (χ1) is 11.9. The molecule has 0 saturated carbocycles. The Morgan fingerprint density at radius 1 is 1.12 bits per heavy atom. The van der Waals surface area contributed by atoms with Crippen LogP contribution in [-0.4, -0.2) is 16.2 Å². The molecule has 0 fully saturated rings. The van der Waals surface area contributed by atoms with E-state index in [0.717, 1.165) is 6.07 Å². The topological polar surface area (TPSA) is 65.2 Å². The zero-order valence-corrected chi connectivity index (χ0v) is 14.5. The van der Waals surface area contributed by atoms with Crippen LogP contribution in [0, 0.1) is 11.6 Å². The summed E-state index contributed by atoms with van der Waals surface area (Å²) in [4.78, 5) is 12.2. The lowest BCUT2D eigenvalue weighted by atomic mass is 10.2. The van der Waals surface area contributed by atoms with E-state index in [0.29, 0.717) is 5.56 Å². The Morgan fingerprint density at radius 3 is 2.48 bits per heavy atom. The SMILES string of the molecule is C[C@@H](OC(=O)c1ccc(F)cc1Br)c1nnc(-c2ccc(F)cc2)o1. The van der Waals surface area contributed by atoms with Crippen LogP contribution in [0.4, 0.5) is 8.78 Å². The van der Waals surface area contributed by atoms with E-state index in [1.54, 1.807) is 6.92 Å². The largest absolute Gasteiger partial charge is 0.449 e. The van der Waals surface area contributed by atoms with E-state index in [2.05, 4.69) is 26.1 Å². The van der Waals surface area contributed by atoms with E-state index in [-0.39, 0.29) is 27.6 Å². The monoisotopic (exact) mass is 408 g/mol. The second-order valence-corrected chi connectivity index (χ2v) is 5.98. The summed E-state index contributed by atoms with van der Waals surface area (Å²) in [6.45, 7) is 1.57. The fraction of sp³-hybridized carbons (Fsp3) is 0.118. The number of carbonyl (C=O) groups is 1. The quantitative estimate of drug-likeness (QED) is 0.585. The number of esters is 1. The van der Waals surface area contributed by atoms with E-state index in [9.17, 15) is 13.6 Å². The first-order valence-corrected chi connectivity index (χ1v) is 7.98. The first kappa shape index (κ1) is 17.2. The second-order valence-electron chi connectivity index (χ2n) is 5.12. The highest BCUT2D eigenvalue weighted by Gasteiger charge is 2.21. The van der Waals surface area contributed by atoms with Gasteiger partial charge < -0.3 is 9.15 Å². The minimum Gasteiger partial charge on any atom is -0.449 e. The maximum atomic E-state index is 13.1. The normalized spacial score (nSPS) is 12.0. The van der Waals surface area contributed by atoms with Crippen molar-refractivity contribution in [1.82, 2.24) is 10.2 Å². The molecule has 1 heterocycles. The number of carbonyl (C=O) groups excluding carboxylic acids is 1. The molecule has 5 nitrogen and oxygen atoms in total. The van der Waals surface area contributed by atoms with Gasteiger partial charge in [-0.2, -0.15) is 0 Å². The number of ether oxygens (including phenoxy) is 1. The number of aromatic nitrogens is 2. The van der Waals surface area contributed by atoms with Gasteiger partial charge in [0.25, 0.3) is 5.89 Å². The van der Waals surface area contributed by atoms with Crippen LogP contribution in [0.15, 0.2) is 51.4 Å². The second kappa shape index (κ2) is 7.10. The predicted molar refractivity (Wildman–Crippen MR) is 87.6 cm³/mol. The van der Waals surface area contributed by atoms with Gasteiger partial charge in [-0.05, 0) is 65.3 Å². The Labute approximate surface area is 149 Å². The number of nitrogens with zero attached hydrogens (tertiary/aromatic N) is 2. The Hall–Kier alpha value is -2.61. The highest BCUT2D eigenvalue weighted by atomic mass is 79.9. The standard InChI is InChI=1S/C17H11BrF2N2O3/c1-9(24-17(23)13-7-6-12(20)8-14(13)18)15-21-22-16(25-15)10-2-4-11(19)5-3-10/h2-9H,1H3/t9-/m1/s1. The van der Waals surface area contributed by atoms with Gasteiger partial charge >= 0.3 is 5.97 Å². The van der Waals surface area contributed by atoms with Gasteiger partial charge in [0.15, 0.2) is 6.10 Å². The van der Waals surface area contributed by atoms with Crippen LogP contribution >= 0.6 is 15.9 Å². The molecule has 8 heteroatoms. The molecule has 25 heavy (non-hydrogen) atoms. The number of hydrogen-bond donors (Lipinski definition) is 0.